The number of thiazole rings is 1. The van der Waals surface area contributed by atoms with Gasteiger partial charge in [0.1, 0.15) is 5.82 Å². The number of aromatic nitrogens is 1. The van der Waals surface area contributed by atoms with Gasteiger partial charge in [-0.1, -0.05) is 12.1 Å². The first kappa shape index (κ1) is 14.6. The second kappa shape index (κ2) is 7.12. The van der Waals surface area contributed by atoms with Crippen LogP contribution in [0.4, 0.5) is 4.39 Å². The number of rotatable bonds is 7. The lowest BCUT2D eigenvalue weighted by Gasteiger charge is -2.03. The van der Waals surface area contributed by atoms with E-state index >= 15 is 0 Å². The molecule has 0 aliphatic heterocycles. The maximum atomic E-state index is 12.7. The summed E-state index contributed by atoms with van der Waals surface area (Å²) in [7, 11) is 0. The molecule has 106 valence electrons. The van der Waals surface area contributed by atoms with E-state index in [1.54, 1.807) is 17.5 Å². The van der Waals surface area contributed by atoms with Crippen molar-refractivity contribution in [2.24, 2.45) is 0 Å². The van der Waals surface area contributed by atoms with Gasteiger partial charge in [0.2, 0.25) is 0 Å². The van der Waals surface area contributed by atoms with Crippen LogP contribution < -0.4 is 5.32 Å². The largest absolute Gasteiger partial charge is 0.481 e. The van der Waals surface area contributed by atoms with Crippen molar-refractivity contribution >= 4 is 17.3 Å². The highest BCUT2D eigenvalue weighted by Crippen LogP contribution is 2.10. The molecule has 0 spiro atoms. The van der Waals surface area contributed by atoms with Crippen LogP contribution in [0.1, 0.15) is 16.3 Å². The molecule has 1 heterocycles. The van der Waals surface area contributed by atoms with Gasteiger partial charge in [0.15, 0.2) is 0 Å². The molecule has 0 saturated heterocycles. The molecule has 0 aliphatic carbocycles. The van der Waals surface area contributed by atoms with Gasteiger partial charge in [-0.25, -0.2) is 9.37 Å². The number of carboxylic acids is 1. The number of benzene rings is 1. The number of nitrogens with zero attached hydrogens (tertiary/aromatic N) is 1. The Hall–Kier alpha value is -1.79. The summed E-state index contributed by atoms with van der Waals surface area (Å²) < 4.78 is 12.7. The van der Waals surface area contributed by atoms with Crippen LogP contribution in [0, 0.1) is 5.82 Å². The Morgan fingerprint density at radius 2 is 2.10 bits per heavy atom. The zero-order valence-electron chi connectivity index (χ0n) is 10.8. The highest BCUT2D eigenvalue weighted by atomic mass is 32.1. The second-order valence-corrected chi connectivity index (χ2v) is 5.30. The van der Waals surface area contributed by atoms with Crippen molar-refractivity contribution < 1.29 is 14.3 Å². The first-order valence-electron chi connectivity index (χ1n) is 6.24. The predicted octanol–water partition coefficient (Wildman–Crippen LogP) is 2.24. The van der Waals surface area contributed by atoms with Crippen molar-refractivity contribution in [2.45, 2.75) is 19.4 Å². The molecule has 1 aromatic carbocycles. The molecule has 0 bridgehead atoms. The summed E-state index contributed by atoms with van der Waals surface area (Å²) in [6, 6.07) is 6.37. The summed E-state index contributed by atoms with van der Waals surface area (Å²) in [5.74, 6) is -1.10. The van der Waals surface area contributed by atoms with Crippen LogP contribution in [0.3, 0.4) is 0 Å². The van der Waals surface area contributed by atoms with E-state index in [0.29, 0.717) is 12.2 Å². The fourth-order valence-corrected chi connectivity index (χ4v) is 2.53. The maximum Gasteiger partial charge on any atom is 0.309 e. The molecule has 0 radical (unpaired) electrons. The van der Waals surface area contributed by atoms with Crippen molar-refractivity contribution in [1.82, 2.24) is 10.3 Å². The van der Waals surface area contributed by atoms with Crippen molar-refractivity contribution in [3.8, 4) is 0 Å². The fraction of sp³-hybridized carbons (Fsp3) is 0.286. The van der Waals surface area contributed by atoms with E-state index in [2.05, 4.69) is 10.3 Å². The number of carboxylic acid groups (broad SMARTS) is 1. The van der Waals surface area contributed by atoms with Crippen molar-refractivity contribution in [1.29, 1.82) is 0 Å². The third-order valence-electron chi connectivity index (χ3n) is 2.69. The molecule has 0 fully saturated rings. The van der Waals surface area contributed by atoms with Crippen molar-refractivity contribution in [2.75, 3.05) is 6.54 Å². The predicted molar refractivity (Wildman–Crippen MR) is 75.3 cm³/mol. The van der Waals surface area contributed by atoms with Crippen molar-refractivity contribution in [3.63, 3.8) is 0 Å². The smallest absolute Gasteiger partial charge is 0.309 e. The van der Waals surface area contributed by atoms with E-state index in [4.69, 9.17) is 5.11 Å². The monoisotopic (exact) mass is 294 g/mol. The van der Waals surface area contributed by atoms with Crippen LogP contribution in [0.2, 0.25) is 0 Å². The summed E-state index contributed by atoms with van der Waals surface area (Å²) in [4.78, 5) is 14.8. The van der Waals surface area contributed by atoms with Crippen LogP contribution >= 0.6 is 11.3 Å². The van der Waals surface area contributed by atoms with Gasteiger partial charge in [0.05, 0.1) is 17.1 Å². The lowest BCUT2D eigenvalue weighted by molar-refractivity contribution is -0.136. The molecule has 20 heavy (non-hydrogen) atoms. The fourth-order valence-electron chi connectivity index (χ4n) is 1.73. The number of hydrogen-bond donors (Lipinski definition) is 2. The van der Waals surface area contributed by atoms with Crippen LogP contribution in [0.5, 0.6) is 0 Å². The second-order valence-electron chi connectivity index (χ2n) is 4.36. The number of aliphatic carboxylic acids is 1. The Morgan fingerprint density at radius 1 is 1.35 bits per heavy atom. The van der Waals surface area contributed by atoms with Gasteiger partial charge in [-0.2, -0.15) is 0 Å². The summed E-state index contributed by atoms with van der Waals surface area (Å²) >= 11 is 1.48. The number of carbonyl (C=O) groups is 1. The molecule has 0 unspecified atom stereocenters. The van der Waals surface area contributed by atoms with Gasteiger partial charge in [-0.3, -0.25) is 4.79 Å². The highest BCUT2D eigenvalue weighted by molar-refractivity contribution is 7.09. The first-order chi connectivity index (χ1) is 9.63. The molecule has 0 aliphatic rings. The van der Waals surface area contributed by atoms with Crippen LogP contribution in [-0.4, -0.2) is 22.6 Å². The lowest BCUT2D eigenvalue weighted by Crippen LogP contribution is -2.16. The first-order valence-corrected chi connectivity index (χ1v) is 7.11. The minimum Gasteiger partial charge on any atom is -0.481 e. The van der Waals surface area contributed by atoms with Crippen LogP contribution in [0.25, 0.3) is 0 Å². The number of hydrogen-bond acceptors (Lipinski definition) is 4. The van der Waals surface area contributed by atoms with E-state index in [1.807, 2.05) is 0 Å². The standard InChI is InChI=1S/C14H15FN2O2S/c15-11-3-1-10(2-4-11)8-16-6-5-13-17-12(9-20-13)7-14(18)19/h1-4,9,16H,5-8H2,(H,18,19). The average Bonchev–Trinajstić information content (AvgIpc) is 2.83. The minimum atomic E-state index is -0.865. The zero-order valence-corrected chi connectivity index (χ0v) is 11.6. The molecule has 0 amide bonds. The highest BCUT2D eigenvalue weighted by Gasteiger charge is 2.05. The normalized spacial score (nSPS) is 10.7. The minimum absolute atomic E-state index is 0.0283. The quantitative estimate of drug-likeness (QED) is 0.769. The van der Waals surface area contributed by atoms with Crippen molar-refractivity contribution in [3.05, 3.63) is 51.7 Å². The molecular formula is C14H15FN2O2S. The molecule has 4 nitrogen and oxygen atoms in total. The van der Waals surface area contributed by atoms with Gasteiger partial charge >= 0.3 is 5.97 Å². The third-order valence-corrected chi connectivity index (χ3v) is 3.65. The summed E-state index contributed by atoms with van der Waals surface area (Å²) in [6.45, 7) is 1.42. The van der Waals surface area contributed by atoms with Gasteiger partial charge < -0.3 is 10.4 Å². The molecule has 2 aromatic rings. The Morgan fingerprint density at radius 3 is 2.80 bits per heavy atom. The number of nitrogens with one attached hydrogen (secondary N) is 1. The van der Waals surface area contributed by atoms with Crippen LogP contribution in [-0.2, 0) is 24.2 Å². The summed E-state index contributed by atoms with van der Waals surface area (Å²) in [5.41, 5.74) is 1.63. The van der Waals surface area contributed by atoms with Gasteiger partial charge in [-0.05, 0) is 17.7 Å². The van der Waals surface area contributed by atoms with Gasteiger partial charge in [0.25, 0.3) is 0 Å². The molecule has 2 rings (SSSR count). The Bertz CT molecular complexity index is 569. The van der Waals surface area contributed by atoms with Gasteiger partial charge in [0, 0.05) is 24.9 Å². The molecule has 2 N–H and O–H groups in total. The van der Waals surface area contributed by atoms with E-state index in [0.717, 1.165) is 23.5 Å². The Labute approximate surface area is 120 Å². The lowest BCUT2D eigenvalue weighted by atomic mass is 10.2. The molecular weight excluding hydrogens is 279 g/mol. The van der Waals surface area contributed by atoms with E-state index in [-0.39, 0.29) is 12.2 Å². The average molecular weight is 294 g/mol. The van der Waals surface area contributed by atoms with E-state index < -0.39 is 5.97 Å². The molecule has 0 saturated carbocycles. The maximum absolute atomic E-state index is 12.7. The summed E-state index contributed by atoms with van der Waals surface area (Å²) in [5, 5.41) is 14.6. The molecule has 0 atom stereocenters. The topological polar surface area (TPSA) is 62.2 Å². The van der Waals surface area contributed by atoms with Crippen LogP contribution in [0.15, 0.2) is 29.6 Å². The summed E-state index contributed by atoms with van der Waals surface area (Å²) in [6.07, 6.45) is 0.727. The van der Waals surface area contributed by atoms with E-state index in [9.17, 15) is 9.18 Å². The Kier molecular flexibility index (Phi) is 5.20. The molecule has 1 aromatic heterocycles. The zero-order chi connectivity index (χ0) is 14.4. The SMILES string of the molecule is O=C(O)Cc1csc(CCNCc2ccc(F)cc2)n1. The van der Waals surface area contributed by atoms with Gasteiger partial charge in [-0.15, -0.1) is 11.3 Å². The van der Waals surface area contributed by atoms with E-state index in [1.165, 1.54) is 23.5 Å². The third kappa shape index (κ3) is 4.71. The molecule has 6 heteroatoms. The number of halogens is 1. The Balaban J connectivity index is 1.71.